The Labute approximate surface area is 119 Å². The predicted molar refractivity (Wildman–Crippen MR) is 74.9 cm³/mol. The number of aromatic nitrogens is 2. The molecule has 1 heterocycles. The summed E-state index contributed by atoms with van der Waals surface area (Å²) >= 11 is 0. The van der Waals surface area contributed by atoms with Crippen LogP contribution in [0.1, 0.15) is 40.3 Å². The zero-order valence-corrected chi connectivity index (χ0v) is 12.7. The van der Waals surface area contributed by atoms with Gasteiger partial charge in [-0.05, 0) is 32.8 Å². The molecule has 0 bridgehead atoms. The van der Waals surface area contributed by atoms with Gasteiger partial charge in [-0.15, -0.1) is 0 Å². The summed E-state index contributed by atoms with van der Waals surface area (Å²) in [6, 6.07) is 1.07. The number of rotatable bonds is 5. The Kier molecular flexibility index (Phi) is 5.30. The predicted octanol–water partition coefficient (Wildman–Crippen LogP) is 1.43. The van der Waals surface area contributed by atoms with Crippen molar-refractivity contribution >= 4 is 11.9 Å². The van der Waals surface area contributed by atoms with Gasteiger partial charge < -0.3 is 10.1 Å². The first kappa shape index (κ1) is 16.2. The van der Waals surface area contributed by atoms with Crippen molar-refractivity contribution in [3.8, 4) is 0 Å². The van der Waals surface area contributed by atoms with Crippen molar-refractivity contribution in [3.05, 3.63) is 18.0 Å². The molecular weight excluding hydrogens is 258 g/mol. The van der Waals surface area contributed by atoms with Crippen LogP contribution in [0, 0.1) is 5.92 Å². The number of aromatic amines is 1. The highest BCUT2D eigenvalue weighted by atomic mass is 16.6. The Balaban J connectivity index is 2.63. The van der Waals surface area contributed by atoms with Gasteiger partial charge in [0.2, 0.25) is 5.91 Å². The van der Waals surface area contributed by atoms with Crippen molar-refractivity contribution in [1.82, 2.24) is 15.5 Å². The van der Waals surface area contributed by atoms with Gasteiger partial charge in [-0.25, -0.2) is 4.79 Å². The fourth-order valence-electron chi connectivity index (χ4n) is 1.64. The third-order valence-electron chi connectivity index (χ3n) is 2.55. The Hall–Kier alpha value is -1.85. The molecule has 1 atom stereocenters. The van der Waals surface area contributed by atoms with Crippen molar-refractivity contribution in [3.63, 3.8) is 0 Å². The molecular formula is C14H23N3O3. The topological polar surface area (TPSA) is 84.1 Å². The van der Waals surface area contributed by atoms with Crippen LogP contribution in [0.4, 0.5) is 0 Å². The molecule has 0 fully saturated rings. The molecule has 2 N–H and O–H groups in total. The number of nitrogens with zero attached hydrogens (tertiary/aromatic N) is 1. The highest BCUT2D eigenvalue weighted by Crippen LogP contribution is 2.12. The molecule has 1 rings (SSSR count). The first-order valence-electron chi connectivity index (χ1n) is 6.69. The lowest BCUT2D eigenvalue weighted by atomic mass is 10.0. The van der Waals surface area contributed by atoms with Crippen molar-refractivity contribution in [2.75, 3.05) is 0 Å². The molecule has 0 aliphatic heterocycles. The second-order valence-electron chi connectivity index (χ2n) is 6.08. The number of hydrogen-bond acceptors (Lipinski definition) is 4. The monoisotopic (exact) mass is 281 g/mol. The van der Waals surface area contributed by atoms with Crippen LogP contribution >= 0.6 is 0 Å². The summed E-state index contributed by atoms with van der Waals surface area (Å²) in [6.45, 7) is 9.13. The highest BCUT2D eigenvalue weighted by Gasteiger charge is 2.29. The Morgan fingerprint density at radius 3 is 2.50 bits per heavy atom. The molecule has 0 aromatic carbocycles. The van der Waals surface area contributed by atoms with Gasteiger partial charge in [0.05, 0.1) is 6.42 Å². The van der Waals surface area contributed by atoms with Gasteiger partial charge in [0.1, 0.15) is 11.6 Å². The minimum Gasteiger partial charge on any atom is -0.458 e. The highest BCUT2D eigenvalue weighted by molar-refractivity contribution is 5.85. The third-order valence-corrected chi connectivity index (χ3v) is 2.55. The smallest absolute Gasteiger partial charge is 0.329 e. The van der Waals surface area contributed by atoms with Crippen LogP contribution in [-0.2, 0) is 20.7 Å². The maximum absolute atomic E-state index is 12.1. The molecule has 20 heavy (non-hydrogen) atoms. The summed E-state index contributed by atoms with van der Waals surface area (Å²) in [5.74, 6) is -0.695. The van der Waals surface area contributed by atoms with Crippen molar-refractivity contribution in [1.29, 1.82) is 0 Å². The van der Waals surface area contributed by atoms with Crippen LogP contribution in [0.2, 0.25) is 0 Å². The Morgan fingerprint density at radius 1 is 1.40 bits per heavy atom. The molecule has 0 saturated heterocycles. The standard InChI is InChI=1S/C14H23N3O3/c1-9(2)12(13(19)20-14(3,4)5)16-11(18)8-10-6-7-15-17-10/h6-7,9,12H,8H2,1-5H3,(H,15,17)(H,16,18)/t12-/m1/s1. The average molecular weight is 281 g/mol. The minimum atomic E-state index is -0.648. The summed E-state index contributed by atoms with van der Waals surface area (Å²) in [4.78, 5) is 24.0. The molecule has 0 aliphatic rings. The van der Waals surface area contributed by atoms with E-state index in [1.807, 2.05) is 13.8 Å². The second-order valence-corrected chi connectivity index (χ2v) is 6.08. The zero-order chi connectivity index (χ0) is 15.3. The van der Waals surface area contributed by atoms with E-state index in [2.05, 4.69) is 15.5 Å². The number of H-pyrrole nitrogens is 1. The van der Waals surface area contributed by atoms with Gasteiger partial charge in [0.25, 0.3) is 0 Å². The van der Waals surface area contributed by atoms with Crippen molar-refractivity contribution in [2.24, 2.45) is 5.92 Å². The van der Waals surface area contributed by atoms with Crippen LogP contribution in [0.25, 0.3) is 0 Å². The lowest BCUT2D eigenvalue weighted by Gasteiger charge is -2.26. The normalized spacial score (nSPS) is 13.1. The largest absolute Gasteiger partial charge is 0.458 e. The summed E-state index contributed by atoms with van der Waals surface area (Å²) in [7, 11) is 0. The van der Waals surface area contributed by atoms with E-state index < -0.39 is 17.6 Å². The van der Waals surface area contributed by atoms with Crippen LogP contribution < -0.4 is 5.32 Å². The molecule has 112 valence electrons. The molecule has 1 aromatic rings. The first-order chi connectivity index (χ1) is 9.19. The van der Waals surface area contributed by atoms with Crippen LogP contribution in [0.3, 0.4) is 0 Å². The van der Waals surface area contributed by atoms with Gasteiger partial charge in [-0.2, -0.15) is 5.10 Å². The summed E-state index contributed by atoms with van der Waals surface area (Å²) in [5.41, 5.74) is 0.132. The molecule has 0 unspecified atom stereocenters. The van der Waals surface area contributed by atoms with Crippen molar-refractivity contribution in [2.45, 2.75) is 52.7 Å². The van der Waals surface area contributed by atoms with E-state index in [4.69, 9.17) is 4.74 Å². The lowest BCUT2D eigenvalue weighted by Crippen LogP contribution is -2.47. The molecule has 6 nitrogen and oxygen atoms in total. The van der Waals surface area contributed by atoms with E-state index in [-0.39, 0.29) is 18.2 Å². The van der Waals surface area contributed by atoms with Gasteiger partial charge in [0, 0.05) is 11.9 Å². The summed E-state index contributed by atoms with van der Waals surface area (Å²) in [6.07, 6.45) is 1.74. The average Bonchev–Trinajstić information content (AvgIpc) is 2.75. The molecule has 0 spiro atoms. The molecule has 1 aromatic heterocycles. The number of ether oxygens (including phenoxy) is 1. The molecule has 6 heteroatoms. The third kappa shape index (κ3) is 5.42. The number of amides is 1. The fraction of sp³-hybridized carbons (Fsp3) is 0.643. The van der Waals surface area contributed by atoms with E-state index in [0.29, 0.717) is 5.69 Å². The Morgan fingerprint density at radius 2 is 2.05 bits per heavy atom. The first-order valence-corrected chi connectivity index (χ1v) is 6.69. The number of nitrogens with one attached hydrogen (secondary N) is 2. The summed E-state index contributed by atoms with van der Waals surface area (Å²) in [5, 5.41) is 9.20. The van der Waals surface area contributed by atoms with E-state index in [1.165, 1.54) is 0 Å². The summed E-state index contributed by atoms with van der Waals surface area (Å²) < 4.78 is 5.32. The van der Waals surface area contributed by atoms with Gasteiger partial charge in [0.15, 0.2) is 0 Å². The number of carbonyl (C=O) groups excluding carboxylic acids is 2. The Bertz CT molecular complexity index is 447. The minimum absolute atomic E-state index is 0.0458. The number of hydrogen-bond donors (Lipinski definition) is 2. The van der Waals surface area contributed by atoms with E-state index >= 15 is 0 Å². The maximum atomic E-state index is 12.1. The lowest BCUT2D eigenvalue weighted by molar-refractivity contribution is -0.160. The van der Waals surface area contributed by atoms with Crippen molar-refractivity contribution < 1.29 is 14.3 Å². The molecule has 0 aliphatic carbocycles. The molecule has 1 amide bonds. The zero-order valence-electron chi connectivity index (χ0n) is 12.7. The number of carbonyl (C=O) groups is 2. The quantitative estimate of drug-likeness (QED) is 0.800. The van der Waals surface area contributed by atoms with Gasteiger partial charge >= 0.3 is 5.97 Å². The van der Waals surface area contributed by atoms with Gasteiger partial charge in [-0.1, -0.05) is 13.8 Å². The van der Waals surface area contributed by atoms with Crippen LogP contribution in [0.5, 0.6) is 0 Å². The van der Waals surface area contributed by atoms with E-state index in [1.54, 1.807) is 33.0 Å². The molecule has 0 radical (unpaired) electrons. The van der Waals surface area contributed by atoms with Gasteiger partial charge in [-0.3, -0.25) is 9.89 Å². The second kappa shape index (κ2) is 6.54. The molecule has 0 saturated carbocycles. The van der Waals surface area contributed by atoms with E-state index in [0.717, 1.165) is 0 Å². The number of esters is 1. The van der Waals surface area contributed by atoms with E-state index in [9.17, 15) is 9.59 Å². The maximum Gasteiger partial charge on any atom is 0.329 e. The SMILES string of the molecule is CC(C)[C@@H](NC(=O)Cc1ccn[nH]1)C(=O)OC(C)(C)C. The fourth-order valence-corrected chi connectivity index (χ4v) is 1.64. The van der Waals surface area contributed by atoms with Crippen LogP contribution in [0.15, 0.2) is 12.3 Å². The van der Waals surface area contributed by atoms with Crippen LogP contribution in [-0.4, -0.2) is 33.7 Å².